The molecule has 0 amide bonds. The third-order valence-corrected chi connectivity index (χ3v) is 1.84. The molecular weight excluding hydrogens is 184 g/mol. The highest BCUT2D eigenvalue weighted by Crippen LogP contribution is 2.38. The van der Waals surface area contributed by atoms with Crippen LogP contribution in [0.1, 0.15) is 5.56 Å². The van der Waals surface area contributed by atoms with Crippen molar-refractivity contribution in [3.63, 3.8) is 0 Å². The maximum atomic E-state index is 8.86. The van der Waals surface area contributed by atoms with Gasteiger partial charge in [-0.1, -0.05) is 0 Å². The summed E-state index contributed by atoms with van der Waals surface area (Å²) in [5.41, 5.74) is 0.597. The molecule has 0 unspecified atom stereocenters. The van der Waals surface area contributed by atoms with E-state index in [1.807, 2.05) is 0 Å². The Labute approximate surface area is 83.0 Å². The fourth-order valence-electron chi connectivity index (χ4n) is 1.18. The number of methoxy groups -OCH3 is 3. The fourth-order valence-corrected chi connectivity index (χ4v) is 1.18. The highest BCUT2D eigenvalue weighted by Gasteiger charge is 2.12. The molecule has 0 aromatic heterocycles. The number of hydrogen-bond donors (Lipinski definition) is 1. The Morgan fingerprint density at radius 2 is 1.50 bits per heavy atom. The summed E-state index contributed by atoms with van der Waals surface area (Å²) in [5.74, 6) is 1.56. The van der Waals surface area contributed by atoms with Crippen molar-refractivity contribution in [2.75, 3.05) is 21.3 Å². The number of hydrogen-bond acceptors (Lipinski definition) is 4. The van der Waals surface area contributed by atoms with Crippen LogP contribution in [0.4, 0.5) is 0 Å². The molecule has 14 heavy (non-hydrogen) atoms. The second-order valence-corrected chi connectivity index (χ2v) is 2.59. The van der Waals surface area contributed by atoms with Gasteiger partial charge in [0.25, 0.3) is 0 Å². The van der Waals surface area contributed by atoms with Gasteiger partial charge >= 0.3 is 0 Å². The van der Waals surface area contributed by atoms with Gasteiger partial charge in [0.1, 0.15) is 6.61 Å². The molecule has 4 nitrogen and oxygen atoms in total. The molecule has 1 rings (SSSR count). The summed E-state index contributed by atoms with van der Waals surface area (Å²) in [7, 11) is 4.58. The zero-order chi connectivity index (χ0) is 10.6. The first kappa shape index (κ1) is 10.7. The number of benzene rings is 1. The van der Waals surface area contributed by atoms with Crippen LogP contribution in [0.2, 0.25) is 0 Å². The lowest BCUT2D eigenvalue weighted by atomic mass is 10.2. The minimum atomic E-state index is 0.514. The van der Waals surface area contributed by atoms with Crippen molar-refractivity contribution < 1.29 is 19.3 Å². The average molecular weight is 197 g/mol. The van der Waals surface area contributed by atoms with Crippen molar-refractivity contribution >= 4 is 0 Å². The lowest BCUT2D eigenvalue weighted by Crippen LogP contribution is -1.96. The third-order valence-electron chi connectivity index (χ3n) is 1.84. The molecular formula is C10H13O4. The molecule has 0 aliphatic heterocycles. The second-order valence-electron chi connectivity index (χ2n) is 2.59. The quantitative estimate of drug-likeness (QED) is 0.796. The van der Waals surface area contributed by atoms with E-state index in [0.717, 1.165) is 6.61 Å². The van der Waals surface area contributed by atoms with Crippen LogP contribution in [0.5, 0.6) is 17.2 Å². The molecule has 0 aliphatic carbocycles. The van der Waals surface area contributed by atoms with E-state index in [1.165, 1.54) is 21.3 Å². The lowest BCUT2D eigenvalue weighted by molar-refractivity contribution is 0.322. The first-order valence-electron chi connectivity index (χ1n) is 4.04. The zero-order valence-electron chi connectivity index (χ0n) is 8.40. The number of aliphatic hydroxyl groups is 1. The van der Waals surface area contributed by atoms with E-state index >= 15 is 0 Å². The highest BCUT2D eigenvalue weighted by atomic mass is 16.5. The Kier molecular flexibility index (Phi) is 3.59. The van der Waals surface area contributed by atoms with Gasteiger partial charge in [-0.2, -0.15) is 0 Å². The van der Waals surface area contributed by atoms with Gasteiger partial charge in [0.05, 0.1) is 21.3 Å². The van der Waals surface area contributed by atoms with Gasteiger partial charge in [0.2, 0.25) is 5.75 Å². The molecule has 1 aromatic rings. The smallest absolute Gasteiger partial charge is 0.203 e. The van der Waals surface area contributed by atoms with E-state index < -0.39 is 0 Å². The Balaban J connectivity index is 3.24. The Bertz CT molecular complexity index is 284. The van der Waals surface area contributed by atoms with E-state index in [9.17, 15) is 0 Å². The number of rotatable bonds is 4. The van der Waals surface area contributed by atoms with Gasteiger partial charge in [-0.05, 0) is 17.7 Å². The summed E-state index contributed by atoms with van der Waals surface area (Å²) < 4.78 is 15.3. The SMILES string of the molecule is COc1cc([CH]O)cc(OC)c1OC. The predicted molar refractivity (Wildman–Crippen MR) is 51.4 cm³/mol. The van der Waals surface area contributed by atoms with Gasteiger partial charge < -0.3 is 19.3 Å². The summed E-state index contributed by atoms with van der Waals surface area (Å²) in [6.45, 7) is 0.977. The second kappa shape index (κ2) is 4.72. The Morgan fingerprint density at radius 1 is 1.00 bits per heavy atom. The molecule has 0 heterocycles. The van der Waals surface area contributed by atoms with E-state index in [4.69, 9.17) is 19.3 Å². The van der Waals surface area contributed by atoms with Gasteiger partial charge in [-0.25, -0.2) is 0 Å². The zero-order valence-corrected chi connectivity index (χ0v) is 8.40. The van der Waals surface area contributed by atoms with Crippen LogP contribution < -0.4 is 14.2 Å². The molecule has 0 spiro atoms. The van der Waals surface area contributed by atoms with Crippen LogP contribution in [0.3, 0.4) is 0 Å². The average Bonchev–Trinajstić information content (AvgIpc) is 2.26. The molecule has 0 bridgehead atoms. The van der Waals surface area contributed by atoms with Crippen molar-refractivity contribution in [1.29, 1.82) is 0 Å². The van der Waals surface area contributed by atoms with Gasteiger partial charge in [-0.3, -0.25) is 0 Å². The minimum Gasteiger partial charge on any atom is -0.493 e. The van der Waals surface area contributed by atoms with E-state index in [1.54, 1.807) is 12.1 Å². The van der Waals surface area contributed by atoms with E-state index in [0.29, 0.717) is 22.8 Å². The summed E-state index contributed by atoms with van der Waals surface area (Å²) in [4.78, 5) is 0. The fraction of sp³-hybridized carbons (Fsp3) is 0.300. The molecule has 0 fully saturated rings. The normalized spacial score (nSPS) is 9.71. The van der Waals surface area contributed by atoms with Crippen molar-refractivity contribution in [2.45, 2.75) is 0 Å². The molecule has 1 N–H and O–H groups in total. The van der Waals surface area contributed by atoms with Gasteiger partial charge in [-0.15, -0.1) is 0 Å². The van der Waals surface area contributed by atoms with Crippen LogP contribution in [-0.2, 0) is 0 Å². The van der Waals surface area contributed by atoms with E-state index in [2.05, 4.69) is 0 Å². The molecule has 1 radical (unpaired) electrons. The number of aliphatic hydroxyl groups excluding tert-OH is 1. The first-order valence-corrected chi connectivity index (χ1v) is 4.04. The molecule has 0 aliphatic rings. The van der Waals surface area contributed by atoms with Gasteiger partial charge in [0.15, 0.2) is 11.5 Å². The summed E-state index contributed by atoms with van der Waals surface area (Å²) in [6, 6.07) is 3.31. The van der Waals surface area contributed by atoms with Crippen molar-refractivity contribution in [2.24, 2.45) is 0 Å². The summed E-state index contributed by atoms with van der Waals surface area (Å²) >= 11 is 0. The monoisotopic (exact) mass is 197 g/mol. The van der Waals surface area contributed by atoms with E-state index in [-0.39, 0.29) is 0 Å². The van der Waals surface area contributed by atoms with Gasteiger partial charge in [0, 0.05) is 0 Å². The molecule has 0 saturated heterocycles. The van der Waals surface area contributed by atoms with Crippen molar-refractivity contribution in [3.8, 4) is 17.2 Å². The van der Waals surface area contributed by atoms with Crippen LogP contribution in [0, 0.1) is 6.61 Å². The van der Waals surface area contributed by atoms with Crippen molar-refractivity contribution in [3.05, 3.63) is 24.3 Å². The minimum absolute atomic E-state index is 0.514. The predicted octanol–water partition coefficient (Wildman–Crippen LogP) is 1.59. The molecule has 4 heteroatoms. The van der Waals surface area contributed by atoms with Crippen LogP contribution >= 0.6 is 0 Å². The molecule has 0 atom stereocenters. The lowest BCUT2D eigenvalue weighted by Gasteiger charge is -2.12. The number of ether oxygens (including phenoxy) is 3. The maximum absolute atomic E-state index is 8.86. The largest absolute Gasteiger partial charge is 0.493 e. The topological polar surface area (TPSA) is 47.9 Å². The van der Waals surface area contributed by atoms with Crippen LogP contribution in [-0.4, -0.2) is 26.4 Å². The molecule has 1 aromatic carbocycles. The summed E-state index contributed by atoms with van der Waals surface area (Å²) in [5, 5.41) is 8.86. The third kappa shape index (κ3) is 1.90. The standard InChI is InChI=1S/C10H13O4/c1-12-8-4-7(6-11)5-9(13-2)10(8)14-3/h4-6,11H,1-3H3. The Hall–Kier alpha value is -1.42. The van der Waals surface area contributed by atoms with Crippen LogP contribution in [0.15, 0.2) is 12.1 Å². The molecule has 0 saturated carbocycles. The maximum Gasteiger partial charge on any atom is 0.203 e. The van der Waals surface area contributed by atoms with Crippen molar-refractivity contribution in [1.82, 2.24) is 0 Å². The molecule has 77 valence electrons. The van der Waals surface area contributed by atoms with Crippen LogP contribution in [0.25, 0.3) is 0 Å². The highest BCUT2D eigenvalue weighted by molar-refractivity contribution is 5.54. The summed E-state index contributed by atoms with van der Waals surface area (Å²) in [6.07, 6.45) is 0. The Morgan fingerprint density at radius 3 is 1.79 bits per heavy atom. The first-order chi connectivity index (χ1) is 6.76.